The standard InChI is InChI=1S/C11H7Cl3N2O3/c12-6-1-2-9(7(13)3-6)19-5-16-4-8(14)10(15-16)11(17)18/h1-4H,5H2,(H,17,18). The summed E-state index contributed by atoms with van der Waals surface area (Å²) in [4.78, 5) is 10.8. The highest BCUT2D eigenvalue weighted by molar-refractivity contribution is 6.35. The van der Waals surface area contributed by atoms with E-state index in [2.05, 4.69) is 5.10 Å². The van der Waals surface area contributed by atoms with Crippen molar-refractivity contribution in [3.05, 3.63) is 45.2 Å². The maximum atomic E-state index is 10.8. The number of aromatic carboxylic acids is 1. The molecule has 19 heavy (non-hydrogen) atoms. The summed E-state index contributed by atoms with van der Waals surface area (Å²) in [5.74, 6) is -0.789. The first-order valence-corrected chi connectivity index (χ1v) is 6.15. The molecule has 0 aliphatic heterocycles. The monoisotopic (exact) mass is 320 g/mol. The molecule has 2 aromatic rings. The second-order valence-corrected chi connectivity index (χ2v) is 4.77. The quantitative estimate of drug-likeness (QED) is 0.935. The number of ether oxygens (including phenoxy) is 1. The predicted octanol–water partition coefficient (Wildman–Crippen LogP) is 3.58. The summed E-state index contributed by atoms with van der Waals surface area (Å²) in [7, 11) is 0. The summed E-state index contributed by atoms with van der Waals surface area (Å²) in [5, 5.41) is 13.4. The minimum absolute atomic E-state index is 0.0195. The molecule has 0 bridgehead atoms. The van der Waals surface area contributed by atoms with Gasteiger partial charge in [0.05, 0.1) is 10.0 Å². The fraction of sp³-hybridized carbons (Fsp3) is 0.0909. The van der Waals surface area contributed by atoms with E-state index >= 15 is 0 Å². The van der Waals surface area contributed by atoms with E-state index in [4.69, 9.17) is 44.6 Å². The van der Waals surface area contributed by atoms with Gasteiger partial charge in [0.15, 0.2) is 12.4 Å². The third-order valence-corrected chi connectivity index (χ3v) is 2.97. The van der Waals surface area contributed by atoms with Crippen LogP contribution >= 0.6 is 34.8 Å². The molecule has 5 nitrogen and oxygen atoms in total. The molecule has 8 heteroatoms. The first kappa shape index (κ1) is 14.0. The van der Waals surface area contributed by atoms with E-state index < -0.39 is 5.97 Å². The lowest BCUT2D eigenvalue weighted by atomic mass is 10.3. The summed E-state index contributed by atoms with van der Waals surface area (Å²) in [6.07, 6.45) is 1.36. The highest BCUT2D eigenvalue weighted by atomic mass is 35.5. The van der Waals surface area contributed by atoms with Crippen molar-refractivity contribution >= 4 is 40.8 Å². The van der Waals surface area contributed by atoms with Crippen molar-refractivity contribution in [1.82, 2.24) is 9.78 Å². The van der Waals surface area contributed by atoms with Crippen LogP contribution in [0.4, 0.5) is 0 Å². The van der Waals surface area contributed by atoms with Crippen LogP contribution in [-0.4, -0.2) is 20.9 Å². The summed E-state index contributed by atoms with van der Waals surface area (Å²) in [5.41, 5.74) is -0.229. The Bertz CT molecular complexity index is 628. The number of hydrogen-bond donors (Lipinski definition) is 1. The van der Waals surface area contributed by atoms with Crippen molar-refractivity contribution in [3.8, 4) is 5.75 Å². The molecular weight excluding hydrogens is 314 g/mol. The van der Waals surface area contributed by atoms with Crippen molar-refractivity contribution in [3.63, 3.8) is 0 Å². The zero-order valence-corrected chi connectivity index (χ0v) is 11.6. The van der Waals surface area contributed by atoms with Crippen LogP contribution in [0.3, 0.4) is 0 Å². The topological polar surface area (TPSA) is 64.3 Å². The molecule has 0 amide bonds. The minimum Gasteiger partial charge on any atom is -0.476 e. The van der Waals surface area contributed by atoms with Crippen LogP contribution < -0.4 is 4.74 Å². The summed E-state index contributed by atoms with van der Waals surface area (Å²) in [6, 6.07) is 4.77. The number of carboxylic acid groups (broad SMARTS) is 1. The van der Waals surface area contributed by atoms with Gasteiger partial charge in [0.1, 0.15) is 5.75 Å². The highest BCUT2D eigenvalue weighted by Gasteiger charge is 2.14. The maximum Gasteiger partial charge on any atom is 0.357 e. The SMILES string of the molecule is O=C(O)c1nn(COc2ccc(Cl)cc2Cl)cc1Cl. The summed E-state index contributed by atoms with van der Waals surface area (Å²) in [6.45, 7) is -0.0195. The molecular formula is C11H7Cl3N2O3. The van der Waals surface area contributed by atoms with E-state index in [0.29, 0.717) is 15.8 Å². The molecule has 100 valence electrons. The molecule has 0 saturated carbocycles. The van der Waals surface area contributed by atoms with Crippen molar-refractivity contribution < 1.29 is 14.6 Å². The van der Waals surface area contributed by atoms with Gasteiger partial charge in [-0.1, -0.05) is 34.8 Å². The predicted molar refractivity (Wildman–Crippen MR) is 71.3 cm³/mol. The molecule has 1 heterocycles. The molecule has 0 radical (unpaired) electrons. The normalized spacial score (nSPS) is 10.5. The van der Waals surface area contributed by atoms with Crippen LogP contribution in [0, 0.1) is 0 Å². The van der Waals surface area contributed by atoms with Gasteiger partial charge in [-0.2, -0.15) is 5.10 Å². The molecule has 0 saturated heterocycles. The van der Waals surface area contributed by atoms with Gasteiger partial charge in [-0.25, -0.2) is 9.48 Å². The van der Waals surface area contributed by atoms with Crippen LogP contribution in [0.1, 0.15) is 10.5 Å². The zero-order chi connectivity index (χ0) is 14.0. The van der Waals surface area contributed by atoms with E-state index in [1.807, 2.05) is 0 Å². The van der Waals surface area contributed by atoms with Crippen LogP contribution in [0.25, 0.3) is 0 Å². The molecule has 2 rings (SSSR count). The van der Waals surface area contributed by atoms with Gasteiger partial charge >= 0.3 is 5.97 Å². The van der Waals surface area contributed by atoms with E-state index in [0.717, 1.165) is 0 Å². The lowest BCUT2D eigenvalue weighted by molar-refractivity contribution is 0.0688. The van der Waals surface area contributed by atoms with Gasteiger partial charge in [0.2, 0.25) is 0 Å². The Morgan fingerprint density at radius 3 is 2.63 bits per heavy atom. The third-order valence-electron chi connectivity index (χ3n) is 2.17. The third kappa shape index (κ3) is 3.32. The molecule has 0 atom stereocenters. The number of carboxylic acids is 1. The first-order chi connectivity index (χ1) is 8.97. The second kappa shape index (κ2) is 5.69. The Labute approximate surface area is 123 Å². The van der Waals surface area contributed by atoms with Crippen molar-refractivity contribution in [2.45, 2.75) is 6.73 Å². The van der Waals surface area contributed by atoms with Crippen molar-refractivity contribution in [2.75, 3.05) is 0 Å². The lowest BCUT2D eigenvalue weighted by Crippen LogP contribution is -2.07. The number of hydrogen-bond acceptors (Lipinski definition) is 3. The molecule has 0 aliphatic rings. The number of aromatic nitrogens is 2. The molecule has 1 aromatic carbocycles. The Morgan fingerprint density at radius 1 is 1.32 bits per heavy atom. The van der Waals surface area contributed by atoms with Crippen molar-refractivity contribution in [2.24, 2.45) is 0 Å². The Morgan fingerprint density at radius 2 is 2.05 bits per heavy atom. The smallest absolute Gasteiger partial charge is 0.357 e. The van der Waals surface area contributed by atoms with Gasteiger partial charge in [0, 0.05) is 11.2 Å². The van der Waals surface area contributed by atoms with E-state index in [9.17, 15) is 4.79 Å². The van der Waals surface area contributed by atoms with Crippen LogP contribution in [0.5, 0.6) is 5.75 Å². The largest absolute Gasteiger partial charge is 0.476 e. The zero-order valence-electron chi connectivity index (χ0n) is 9.31. The molecule has 0 aliphatic carbocycles. The van der Waals surface area contributed by atoms with E-state index in [-0.39, 0.29) is 17.4 Å². The van der Waals surface area contributed by atoms with Crippen LogP contribution in [0.2, 0.25) is 15.1 Å². The van der Waals surface area contributed by atoms with Gasteiger partial charge in [0.25, 0.3) is 0 Å². The fourth-order valence-electron chi connectivity index (χ4n) is 1.34. The number of nitrogens with zero attached hydrogens (tertiary/aromatic N) is 2. The summed E-state index contributed by atoms with van der Waals surface area (Å²) >= 11 is 17.4. The Kier molecular flexibility index (Phi) is 4.19. The van der Waals surface area contributed by atoms with E-state index in [1.54, 1.807) is 12.1 Å². The Balaban J connectivity index is 2.10. The van der Waals surface area contributed by atoms with Crippen molar-refractivity contribution in [1.29, 1.82) is 0 Å². The second-order valence-electron chi connectivity index (χ2n) is 3.52. The average molecular weight is 322 g/mol. The minimum atomic E-state index is -1.20. The Hall–Kier alpha value is -1.43. The van der Waals surface area contributed by atoms with Gasteiger partial charge in [-0.15, -0.1) is 0 Å². The molecule has 1 N–H and O–H groups in total. The lowest BCUT2D eigenvalue weighted by Gasteiger charge is -2.07. The highest BCUT2D eigenvalue weighted by Crippen LogP contribution is 2.27. The molecule has 0 fully saturated rings. The van der Waals surface area contributed by atoms with E-state index in [1.165, 1.54) is 16.9 Å². The van der Waals surface area contributed by atoms with Crippen LogP contribution in [0.15, 0.2) is 24.4 Å². The summed E-state index contributed by atoms with van der Waals surface area (Å²) < 4.78 is 6.64. The molecule has 0 unspecified atom stereocenters. The van der Waals surface area contributed by atoms with Gasteiger partial charge < -0.3 is 9.84 Å². The fourth-order valence-corrected chi connectivity index (χ4v) is 2.03. The molecule has 1 aromatic heterocycles. The van der Waals surface area contributed by atoms with Gasteiger partial charge in [-0.3, -0.25) is 0 Å². The number of rotatable bonds is 4. The maximum absolute atomic E-state index is 10.8. The first-order valence-electron chi connectivity index (χ1n) is 5.01. The van der Waals surface area contributed by atoms with Crippen LogP contribution in [-0.2, 0) is 6.73 Å². The average Bonchev–Trinajstić information content (AvgIpc) is 2.69. The number of benzene rings is 1. The number of carbonyl (C=O) groups is 1. The number of halogens is 3. The van der Waals surface area contributed by atoms with Gasteiger partial charge in [-0.05, 0) is 18.2 Å². The molecule has 0 spiro atoms.